The maximum absolute atomic E-state index is 14.9. The molecule has 1 aliphatic carbocycles. The number of nitrogens with zero attached hydrogens (tertiary/aromatic N) is 5. The number of ether oxygens (including phenoxy) is 1. The molecule has 3 aromatic heterocycles. The van der Waals surface area contributed by atoms with Crippen molar-refractivity contribution < 1.29 is 22.7 Å². The summed E-state index contributed by atoms with van der Waals surface area (Å²) in [5.41, 5.74) is 0.428. The number of likely N-dealkylation sites (N-methyl/N-ethyl adjacent to an activating group) is 1. The van der Waals surface area contributed by atoms with Crippen molar-refractivity contribution in [2.24, 2.45) is 5.92 Å². The molecule has 8 nitrogen and oxygen atoms in total. The standard InChI is InChI=1S/C21H23F3N6O2/c1-2-28-7-6-14(28)11-32-16-10-25-30(21(23)24)18(16)13-5-8-29-15(9-13)17(22)19(27-29)26-20(31)12-3-4-12/h5,8-10,12,14,21H,2-4,6-7,11H2,1H3,(H,26,27,31)/t14-/m1/s1. The Bertz CT molecular complexity index is 1150. The minimum atomic E-state index is -2.89. The average molecular weight is 448 g/mol. The van der Waals surface area contributed by atoms with Gasteiger partial charge >= 0.3 is 6.55 Å². The van der Waals surface area contributed by atoms with Crippen LogP contribution in [0.15, 0.2) is 24.5 Å². The zero-order chi connectivity index (χ0) is 22.4. The molecule has 1 saturated carbocycles. The topological polar surface area (TPSA) is 76.7 Å². The van der Waals surface area contributed by atoms with Crippen molar-refractivity contribution in [1.82, 2.24) is 24.3 Å². The van der Waals surface area contributed by atoms with Crippen LogP contribution < -0.4 is 10.1 Å². The normalized spacial score (nSPS) is 18.8. The molecule has 1 N–H and O–H groups in total. The van der Waals surface area contributed by atoms with Crippen LogP contribution in [-0.2, 0) is 4.79 Å². The highest BCUT2D eigenvalue weighted by Crippen LogP contribution is 2.35. The van der Waals surface area contributed by atoms with Gasteiger partial charge in [0.05, 0.1) is 6.20 Å². The number of carbonyl (C=O) groups excluding carboxylic acids is 1. The smallest absolute Gasteiger partial charge is 0.333 e. The van der Waals surface area contributed by atoms with E-state index in [4.69, 9.17) is 4.74 Å². The molecule has 2 fully saturated rings. The fourth-order valence-corrected chi connectivity index (χ4v) is 3.97. The number of likely N-dealkylation sites (tertiary alicyclic amines) is 1. The van der Waals surface area contributed by atoms with E-state index in [2.05, 4.69) is 27.3 Å². The van der Waals surface area contributed by atoms with E-state index in [0.717, 1.165) is 32.4 Å². The van der Waals surface area contributed by atoms with Crippen LogP contribution in [0.1, 0.15) is 32.7 Å². The van der Waals surface area contributed by atoms with Crippen molar-refractivity contribution in [2.45, 2.75) is 38.8 Å². The average Bonchev–Trinajstić information content (AvgIpc) is 3.45. The van der Waals surface area contributed by atoms with Gasteiger partial charge in [0, 0.05) is 30.3 Å². The lowest BCUT2D eigenvalue weighted by Gasteiger charge is -2.39. The molecule has 0 radical (unpaired) electrons. The molecule has 32 heavy (non-hydrogen) atoms. The highest BCUT2D eigenvalue weighted by atomic mass is 19.3. The Morgan fingerprint density at radius 3 is 2.81 bits per heavy atom. The van der Waals surface area contributed by atoms with Crippen LogP contribution in [0.4, 0.5) is 19.0 Å². The van der Waals surface area contributed by atoms with Crippen LogP contribution in [0.25, 0.3) is 16.8 Å². The lowest BCUT2D eigenvalue weighted by Crippen LogP contribution is -2.50. The van der Waals surface area contributed by atoms with E-state index in [0.29, 0.717) is 16.9 Å². The van der Waals surface area contributed by atoms with Crippen molar-refractivity contribution >= 4 is 17.2 Å². The molecular formula is C21H23F3N6O2. The summed E-state index contributed by atoms with van der Waals surface area (Å²) >= 11 is 0. The number of rotatable bonds is 8. The van der Waals surface area contributed by atoms with E-state index < -0.39 is 12.4 Å². The van der Waals surface area contributed by atoms with Crippen molar-refractivity contribution in [2.75, 3.05) is 25.0 Å². The number of carbonyl (C=O) groups is 1. The highest BCUT2D eigenvalue weighted by Gasteiger charge is 2.31. The molecule has 2 aliphatic rings. The lowest BCUT2D eigenvalue weighted by molar-refractivity contribution is -0.117. The predicted molar refractivity (Wildman–Crippen MR) is 110 cm³/mol. The third-order valence-electron chi connectivity index (χ3n) is 6.09. The first-order valence-corrected chi connectivity index (χ1v) is 10.7. The van der Waals surface area contributed by atoms with Crippen LogP contribution in [0.3, 0.4) is 0 Å². The minimum Gasteiger partial charge on any atom is -0.488 e. The number of pyridine rings is 1. The van der Waals surface area contributed by atoms with Gasteiger partial charge in [0.2, 0.25) is 5.91 Å². The van der Waals surface area contributed by atoms with E-state index in [1.807, 2.05) is 0 Å². The van der Waals surface area contributed by atoms with Crippen LogP contribution in [0.5, 0.6) is 5.75 Å². The summed E-state index contributed by atoms with van der Waals surface area (Å²) in [6, 6.07) is 3.17. The molecule has 1 saturated heterocycles. The number of fused-ring (bicyclic) bond motifs is 1. The molecule has 1 aliphatic heterocycles. The SMILES string of the molecule is CCN1CC[C@@H]1COc1cnn(C(F)F)c1-c1ccn2nc(NC(=O)C3CC3)c(F)c2c1. The van der Waals surface area contributed by atoms with E-state index >= 15 is 0 Å². The third-order valence-corrected chi connectivity index (χ3v) is 6.09. The Labute approximate surface area is 181 Å². The summed E-state index contributed by atoms with van der Waals surface area (Å²) in [4.78, 5) is 14.2. The van der Waals surface area contributed by atoms with Crippen molar-refractivity contribution in [3.8, 4) is 17.0 Å². The minimum absolute atomic E-state index is 0.0534. The third kappa shape index (κ3) is 3.70. The molecule has 5 rings (SSSR count). The number of hydrogen-bond acceptors (Lipinski definition) is 5. The molecule has 11 heteroatoms. The van der Waals surface area contributed by atoms with Crippen molar-refractivity contribution in [3.63, 3.8) is 0 Å². The molecule has 4 heterocycles. The maximum Gasteiger partial charge on any atom is 0.333 e. The fourth-order valence-electron chi connectivity index (χ4n) is 3.97. The fraction of sp³-hybridized carbons (Fsp3) is 0.476. The van der Waals surface area contributed by atoms with Gasteiger partial charge in [0.25, 0.3) is 0 Å². The Kier molecular flexibility index (Phi) is 5.28. The van der Waals surface area contributed by atoms with Gasteiger partial charge in [-0.3, -0.25) is 9.69 Å². The van der Waals surface area contributed by atoms with Gasteiger partial charge in [-0.25, -0.2) is 8.91 Å². The Morgan fingerprint density at radius 2 is 2.16 bits per heavy atom. The number of anilines is 1. The van der Waals surface area contributed by atoms with E-state index in [-0.39, 0.29) is 40.6 Å². The molecule has 0 spiro atoms. The first-order valence-electron chi connectivity index (χ1n) is 10.7. The zero-order valence-electron chi connectivity index (χ0n) is 17.5. The largest absolute Gasteiger partial charge is 0.488 e. The molecule has 0 unspecified atom stereocenters. The van der Waals surface area contributed by atoms with E-state index in [9.17, 15) is 18.0 Å². The van der Waals surface area contributed by atoms with Gasteiger partial charge in [-0.2, -0.15) is 18.6 Å². The number of hydrogen-bond donors (Lipinski definition) is 1. The van der Waals surface area contributed by atoms with Crippen molar-refractivity contribution in [1.29, 1.82) is 0 Å². The van der Waals surface area contributed by atoms with Crippen LogP contribution >= 0.6 is 0 Å². The molecule has 0 bridgehead atoms. The van der Waals surface area contributed by atoms with Crippen LogP contribution in [0.2, 0.25) is 0 Å². The number of aromatic nitrogens is 4. The second-order valence-corrected chi connectivity index (χ2v) is 8.13. The molecular weight excluding hydrogens is 425 g/mol. The van der Waals surface area contributed by atoms with Crippen molar-refractivity contribution in [3.05, 3.63) is 30.3 Å². The monoisotopic (exact) mass is 448 g/mol. The maximum atomic E-state index is 14.9. The Hall–Kier alpha value is -3.08. The highest BCUT2D eigenvalue weighted by molar-refractivity contribution is 5.94. The number of halogens is 3. The van der Waals surface area contributed by atoms with E-state index in [1.165, 1.54) is 29.0 Å². The summed E-state index contributed by atoms with van der Waals surface area (Å²) in [7, 11) is 0. The Morgan fingerprint density at radius 1 is 1.34 bits per heavy atom. The summed E-state index contributed by atoms with van der Waals surface area (Å²) < 4.78 is 49.9. The predicted octanol–water partition coefficient (Wildman–Crippen LogP) is 3.55. The zero-order valence-corrected chi connectivity index (χ0v) is 17.5. The molecule has 1 atom stereocenters. The molecule has 1 amide bonds. The van der Waals surface area contributed by atoms with Gasteiger partial charge in [-0.05, 0) is 37.9 Å². The summed E-state index contributed by atoms with van der Waals surface area (Å²) in [6.07, 6.45) is 5.26. The van der Waals surface area contributed by atoms with E-state index in [1.54, 1.807) is 0 Å². The number of amides is 1. The summed E-state index contributed by atoms with van der Waals surface area (Å²) in [6.45, 7) is 1.41. The molecule has 170 valence electrons. The first kappa shape index (κ1) is 20.8. The van der Waals surface area contributed by atoms with Crippen LogP contribution in [-0.4, -0.2) is 55.9 Å². The molecule has 3 aromatic rings. The van der Waals surface area contributed by atoms with Gasteiger partial charge in [-0.15, -0.1) is 5.10 Å². The van der Waals surface area contributed by atoms with Crippen LogP contribution in [0, 0.1) is 11.7 Å². The summed E-state index contributed by atoms with van der Waals surface area (Å²) in [5, 5.41) is 10.3. The number of nitrogens with one attached hydrogen (secondary N) is 1. The lowest BCUT2D eigenvalue weighted by atomic mass is 10.0. The van der Waals surface area contributed by atoms with Gasteiger partial charge in [0.1, 0.15) is 17.8 Å². The second kappa shape index (κ2) is 8.12. The molecule has 0 aromatic carbocycles. The Balaban J connectivity index is 1.46. The quantitative estimate of drug-likeness (QED) is 0.570. The van der Waals surface area contributed by atoms with Gasteiger partial charge < -0.3 is 10.1 Å². The second-order valence-electron chi connectivity index (χ2n) is 8.13. The first-order chi connectivity index (χ1) is 15.5. The van der Waals surface area contributed by atoms with Gasteiger partial charge in [0.15, 0.2) is 17.4 Å². The summed E-state index contributed by atoms with van der Waals surface area (Å²) in [5.74, 6) is -1.06. The number of alkyl halides is 2. The van der Waals surface area contributed by atoms with Gasteiger partial charge in [-0.1, -0.05) is 6.92 Å².